The minimum absolute atomic E-state index is 0.296. The molecule has 1 aliphatic rings. The molecule has 2 heterocycles. The fraction of sp³-hybridized carbons (Fsp3) is 0.227. The molecule has 0 amide bonds. The summed E-state index contributed by atoms with van der Waals surface area (Å²) < 4.78 is 0. The second-order valence-corrected chi connectivity index (χ2v) is 8.40. The number of fused-ring (bicyclic) bond motifs is 2. The first kappa shape index (κ1) is 17.1. The van der Waals surface area contributed by atoms with Gasteiger partial charge in [0.25, 0.3) is 0 Å². The van der Waals surface area contributed by atoms with Crippen molar-refractivity contribution in [1.82, 2.24) is 15.0 Å². The fourth-order valence-corrected chi connectivity index (χ4v) is 4.78. The number of nitrogens with zero attached hydrogens (tertiary/aromatic N) is 3. The predicted molar refractivity (Wildman–Crippen MR) is 116 cm³/mol. The molecule has 4 aromatic rings. The van der Waals surface area contributed by atoms with E-state index < -0.39 is 0 Å². The summed E-state index contributed by atoms with van der Waals surface area (Å²) in [6, 6.07) is 15.2. The summed E-state index contributed by atoms with van der Waals surface area (Å²) >= 11 is 1.41. The monoisotopic (exact) mass is 387 g/mol. The molecule has 0 spiro atoms. The van der Waals surface area contributed by atoms with Crippen molar-refractivity contribution >= 4 is 32.6 Å². The number of nitrogens with one attached hydrogen (secondary N) is 1. The van der Waals surface area contributed by atoms with Gasteiger partial charge in [-0.05, 0) is 48.9 Å². The maximum atomic E-state index is 6.00. The second kappa shape index (κ2) is 6.56. The first-order valence-electron chi connectivity index (χ1n) is 9.42. The molecule has 0 saturated carbocycles. The Morgan fingerprint density at radius 1 is 0.929 bits per heavy atom. The van der Waals surface area contributed by atoms with E-state index in [2.05, 4.69) is 66.6 Å². The molecule has 0 bridgehead atoms. The Hall–Kier alpha value is -2.99. The van der Waals surface area contributed by atoms with Crippen molar-refractivity contribution in [2.45, 2.75) is 32.7 Å². The second-order valence-electron chi connectivity index (χ2n) is 7.39. The molecule has 1 aliphatic carbocycles. The van der Waals surface area contributed by atoms with Crippen molar-refractivity contribution in [1.29, 1.82) is 0 Å². The summed E-state index contributed by atoms with van der Waals surface area (Å²) in [5.74, 6) is 1.50. The van der Waals surface area contributed by atoms with Crippen LogP contribution in [0.4, 0.5) is 10.9 Å². The molecule has 5 rings (SSSR count). The van der Waals surface area contributed by atoms with Crippen LogP contribution in [0.3, 0.4) is 0 Å². The molecule has 28 heavy (non-hydrogen) atoms. The number of hydrogen-bond acceptors (Lipinski definition) is 6. The largest absolute Gasteiger partial charge is 0.375 e. The van der Waals surface area contributed by atoms with E-state index in [-0.39, 0.29) is 0 Å². The Balaban J connectivity index is 1.58. The third-order valence-electron chi connectivity index (χ3n) is 5.37. The number of thiazole rings is 1. The standard InChI is InChI=1S/C22H21N5S/c1-12-6-5-7-13(2)17(12)19-26-20(18-21(27-19)28-22(23)25-18)24-16-10-14-8-3-4-9-15(14)11-16/h3-9,16H,10-11H2,1-2H3,(H2,23,25)(H,24,26,27). The topological polar surface area (TPSA) is 76.7 Å². The van der Waals surface area contributed by atoms with Gasteiger partial charge in [-0.25, -0.2) is 15.0 Å². The lowest BCUT2D eigenvalue weighted by Gasteiger charge is -2.15. The highest BCUT2D eigenvalue weighted by atomic mass is 32.1. The van der Waals surface area contributed by atoms with Gasteiger partial charge in [0.15, 0.2) is 21.6 Å². The van der Waals surface area contributed by atoms with E-state index in [1.54, 1.807) is 0 Å². The van der Waals surface area contributed by atoms with Crippen LogP contribution in [-0.2, 0) is 12.8 Å². The van der Waals surface area contributed by atoms with Gasteiger partial charge in [-0.3, -0.25) is 0 Å². The van der Waals surface area contributed by atoms with Crippen LogP contribution in [0.15, 0.2) is 42.5 Å². The zero-order valence-electron chi connectivity index (χ0n) is 15.9. The number of rotatable bonds is 3. The Morgan fingerprint density at radius 3 is 2.29 bits per heavy atom. The molecular weight excluding hydrogens is 366 g/mol. The van der Waals surface area contributed by atoms with E-state index in [1.807, 2.05) is 0 Å². The maximum absolute atomic E-state index is 6.00. The Morgan fingerprint density at radius 2 is 1.61 bits per heavy atom. The van der Waals surface area contributed by atoms with Crippen LogP contribution in [0.25, 0.3) is 21.7 Å². The molecule has 0 aliphatic heterocycles. The maximum Gasteiger partial charge on any atom is 0.182 e. The van der Waals surface area contributed by atoms with E-state index in [1.165, 1.54) is 22.5 Å². The number of benzene rings is 2. The molecule has 0 fully saturated rings. The van der Waals surface area contributed by atoms with Crippen LogP contribution in [0.2, 0.25) is 0 Å². The van der Waals surface area contributed by atoms with E-state index in [0.29, 0.717) is 11.2 Å². The van der Waals surface area contributed by atoms with E-state index >= 15 is 0 Å². The average molecular weight is 388 g/mol. The Bertz CT molecular complexity index is 1150. The summed E-state index contributed by atoms with van der Waals surface area (Å²) in [5, 5.41) is 4.15. The average Bonchev–Trinajstić information content (AvgIpc) is 3.23. The SMILES string of the molecule is Cc1cccc(C)c1-c1nc(NC2Cc3ccccc3C2)c2nc(N)sc2n1. The van der Waals surface area contributed by atoms with Crippen molar-refractivity contribution in [2.75, 3.05) is 11.1 Å². The van der Waals surface area contributed by atoms with Gasteiger partial charge in [-0.2, -0.15) is 0 Å². The minimum atomic E-state index is 0.296. The number of nitrogen functional groups attached to an aromatic ring is 1. The molecular formula is C22H21N5S. The normalized spacial score (nSPS) is 13.8. The molecule has 0 unspecified atom stereocenters. The first-order valence-corrected chi connectivity index (χ1v) is 10.2. The van der Waals surface area contributed by atoms with Crippen molar-refractivity contribution in [3.05, 3.63) is 64.7 Å². The van der Waals surface area contributed by atoms with E-state index in [4.69, 9.17) is 15.7 Å². The van der Waals surface area contributed by atoms with Crippen LogP contribution in [-0.4, -0.2) is 21.0 Å². The number of anilines is 2. The lowest BCUT2D eigenvalue weighted by Crippen LogP contribution is -2.20. The Labute approximate surface area is 167 Å². The Kier molecular flexibility index (Phi) is 4.02. The number of nitrogens with two attached hydrogens (primary N) is 1. The van der Waals surface area contributed by atoms with Gasteiger partial charge in [-0.15, -0.1) is 0 Å². The summed E-state index contributed by atoms with van der Waals surface area (Å²) in [7, 11) is 0. The van der Waals surface area contributed by atoms with Crippen molar-refractivity contribution in [3.8, 4) is 11.4 Å². The fourth-order valence-electron chi connectivity index (χ4n) is 4.07. The predicted octanol–water partition coefficient (Wildman–Crippen LogP) is 4.53. The highest BCUT2D eigenvalue weighted by Gasteiger charge is 2.23. The first-order chi connectivity index (χ1) is 13.6. The highest BCUT2D eigenvalue weighted by Crippen LogP contribution is 2.33. The molecule has 2 aromatic heterocycles. The van der Waals surface area contributed by atoms with Gasteiger partial charge in [0.05, 0.1) is 0 Å². The molecule has 0 radical (unpaired) electrons. The van der Waals surface area contributed by atoms with Crippen LogP contribution >= 0.6 is 11.3 Å². The summed E-state index contributed by atoms with van der Waals surface area (Å²) in [4.78, 5) is 15.0. The molecule has 0 atom stereocenters. The smallest absolute Gasteiger partial charge is 0.182 e. The molecule has 2 aromatic carbocycles. The third kappa shape index (κ3) is 2.90. The summed E-state index contributed by atoms with van der Waals surface area (Å²) in [6.45, 7) is 4.19. The number of hydrogen-bond donors (Lipinski definition) is 2. The van der Waals surface area contributed by atoms with E-state index in [9.17, 15) is 0 Å². The van der Waals surface area contributed by atoms with E-state index in [0.717, 1.165) is 51.5 Å². The van der Waals surface area contributed by atoms with Gasteiger partial charge in [0.2, 0.25) is 0 Å². The molecule has 6 heteroatoms. The minimum Gasteiger partial charge on any atom is -0.375 e. The van der Waals surface area contributed by atoms with Crippen molar-refractivity contribution < 1.29 is 0 Å². The van der Waals surface area contributed by atoms with Crippen LogP contribution < -0.4 is 11.1 Å². The van der Waals surface area contributed by atoms with Crippen LogP contribution in [0.1, 0.15) is 22.3 Å². The summed E-state index contributed by atoms with van der Waals surface area (Å²) in [6.07, 6.45) is 1.97. The van der Waals surface area contributed by atoms with Gasteiger partial charge in [0, 0.05) is 11.6 Å². The summed E-state index contributed by atoms with van der Waals surface area (Å²) in [5.41, 5.74) is 13.0. The van der Waals surface area contributed by atoms with Crippen molar-refractivity contribution in [3.63, 3.8) is 0 Å². The number of aryl methyl sites for hydroxylation is 2. The quantitative estimate of drug-likeness (QED) is 0.540. The third-order valence-corrected chi connectivity index (χ3v) is 6.15. The number of aromatic nitrogens is 3. The molecule has 3 N–H and O–H groups in total. The van der Waals surface area contributed by atoms with Gasteiger partial charge >= 0.3 is 0 Å². The van der Waals surface area contributed by atoms with Crippen LogP contribution in [0, 0.1) is 13.8 Å². The lowest BCUT2D eigenvalue weighted by atomic mass is 10.0. The van der Waals surface area contributed by atoms with Gasteiger partial charge in [-0.1, -0.05) is 53.8 Å². The zero-order chi connectivity index (χ0) is 19.3. The molecule has 140 valence electrons. The van der Waals surface area contributed by atoms with Crippen molar-refractivity contribution in [2.24, 2.45) is 0 Å². The zero-order valence-corrected chi connectivity index (χ0v) is 16.7. The highest BCUT2D eigenvalue weighted by molar-refractivity contribution is 7.21. The lowest BCUT2D eigenvalue weighted by molar-refractivity contribution is 0.770. The van der Waals surface area contributed by atoms with Gasteiger partial charge in [0.1, 0.15) is 5.52 Å². The van der Waals surface area contributed by atoms with Crippen LogP contribution in [0.5, 0.6) is 0 Å². The molecule has 0 saturated heterocycles. The van der Waals surface area contributed by atoms with Gasteiger partial charge < -0.3 is 11.1 Å². The molecule has 5 nitrogen and oxygen atoms in total.